The number of rotatable bonds is 9. The average molecular weight is 633 g/mol. The number of nitrogens with one attached hydrogen (secondary N) is 3. The van der Waals surface area contributed by atoms with Crippen LogP contribution in [0.1, 0.15) is 32.0 Å². The summed E-state index contributed by atoms with van der Waals surface area (Å²) in [4.78, 5) is 26.0. The van der Waals surface area contributed by atoms with Crippen molar-refractivity contribution in [3.05, 3.63) is 115 Å². The SMILES string of the molecule is COc1ccc(-n2nc(C(C)(C)C)cc2NC(=O)Nc2ccc(OCc3ccnc(Nc4cnccn4)c3)c3ccccc23)cc1F. The van der Waals surface area contributed by atoms with E-state index in [9.17, 15) is 9.18 Å². The van der Waals surface area contributed by atoms with Crippen molar-refractivity contribution in [2.45, 2.75) is 32.8 Å². The Morgan fingerprint density at radius 3 is 2.40 bits per heavy atom. The zero-order valence-electron chi connectivity index (χ0n) is 26.3. The Morgan fingerprint density at radius 2 is 1.66 bits per heavy atom. The molecule has 3 N–H and O–H groups in total. The Bertz CT molecular complexity index is 2040. The Balaban J connectivity index is 1.20. The van der Waals surface area contributed by atoms with Gasteiger partial charge in [0.2, 0.25) is 0 Å². The number of carbonyl (C=O) groups excluding carboxylic acids is 1. The molecule has 0 unspecified atom stereocenters. The van der Waals surface area contributed by atoms with E-state index in [4.69, 9.17) is 9.47 Å². The van der Waals surface area contributed by atoms with E-state index < -0.39 is 11.8 Å². The lowest BCUT2D eigenvalue weighted by atomic mass is 9.92. The van der Waals surface area contributed by atoms with Crippen LogP contribution in [0.3, 0.4) is 0 Å². The van der Waals surface area contributed by atoms with Gasteiger partial charge < -0.3 is 20.1 Å². The molecular formula is C35H33FN8O3. The number of aromatic nitrogens is 5. The molecule has 47 heavy (non-hydrogen) atoms. The van der Waals surface area contributed by atoms with E-state index in [1.165, 1.54) is 23.9 Å². The summed E-state index contributed by atoms with van der Waals surface area (Å²) in [6, 6.07) is 20.8. The molecule has 0 saturated carbocycles. The minimum atomic E-state index is -0.537. The highest BCUT2D eigenvalue weighted by Gasteiger charge is 2.22. The highest BCUT2D eigenvalue weighted by atomic mass is 19.1. The van der Waals surface area contributed by atoms with E-state index in [-0.39, 0.29) is 11.2 Å². The molecule has 0 aliphatic rings. The second kappa shape index (κ2) is 13.1. The molecule has 3 aromatic heterocycles. The number of carbonyl (C=O) groups is 1. The quantitative estimate of drug-likeness (QED) is 0.149. The Hall–Kier alpha value is -6.04. The Morgan fingerprint density at radius 1 is 0.872 bits per heavy atom. The summed E-state index contributed by atoms with van der Waals surface area (Å²) in [5, 5.41) is 15.3. The van der Waals surface area contributed by atoms with Gasteiger partial charge in [0.25, 0.3) is 0 Å². The van der Waals surface area contributed by atoms with Crippen molar-refractivity contribution >= 4 is 39.9 Å². The predicted molar refractivity (Wildman–Crippen MR) is 179 cm³/mol. The van der Waals surface area contributed by atoms with Gasteiger partial charge in [-0.25, -0.2) is 23.8 Å². The number of ether oxygens (including phenoxy) is 2. The van der Waals surface area contributed by atoms with Crippen LogP contribution in [0.15, 0.2) is 97.6 Å². The molecule has 6 aromatic rings. The van der Waals surface area contributed by atoms with Crippen molar-refractivity contribution in [1.82, 2.24) is 24.7 Å². The fourth-order valence-electron chi connectivity index (χ4n) is 4.89. The third-order valence-electron chi connectivity index (χ3n) is 7.27. The van der Waals surface area contributed by atoms with Gasteiger partial charge >= 0.3 is 6.03 Å². The molecule has 238 valence electrons. The second-order valence-electron chi connectivity index (χ2n) is 11.7. The summed E-state index contributed by atoms with van der Waals surface area (Å²) in [5.74, 6) is 1.82. The lowest BCUT2D eigenvalue weighted by Crippen LogP contribution is -2.21. The van der Waals surface area contributed by atoms with Crippen LogP contribution >= 0.6 is 0 Å². The standard InChI is InChI=1S/C35H33FN8O3/c1-35(2,3)30-19-33(44(43-30)23-9-11-29(46-4)26(36)18-23)42-34(45)40-27-10-12-28(25-8-6-5-7-24(25)27)47-21-22-13-14-38-31(17-22)41-32-20-37-15-16-39-32/h5-20H,21H2,1-4H3,(H,38,39,41)(H2,40,42,45). The largest absolute Gasteiger partial charge is 0.494 e. The lowest BCUT2D eigenvalue weighted by Gasteiger charge is -2.15. The number of nitrogens with zero attached hydrogens (tertiary/aromatic N) is 5. The number of hydrogen-bond acceptors (Lipinski definition) is 8. The van der Waals surface area contributed by atoms with Crippen LogP contribution in [-0.2, 0) is 12.0 Å². The minimum absolute atomic E-state index is 0.115. The maximum atomic E-state index is 14.6. The smallest absolute Gasteiger partial charge is 0.324 e. The van der Waals surface area contributed by atoms with Crippen LogP contribution in [0.2, 0.25) is 0 Å². The third kappa shape index (κ3) is 7.12. The first-order valence-electron chi connectivity index (χ1n) is 14.8. The summed E-state index contributed by atoms with van der Waals surface area (Å²) in [6.07, 6.45) is 6.52. The van der Waals surface area contributed by atoms with Gasteiger partial charge in [0.1, 0.15) is 29.8 Å². The second-order valence-corrected chi connectivity index (χ2v) is 11.7. The molecule has 0 atom stereocenters. The van der Waals surface area contributed by atoms with Crippen LogP contribution in [0.25, 0.3) is 16.5 Å². The van der Waals surface area contributed by atoms with Crippen molar-refractivity contribution in [3.8, 4) is 17.2 Å². The van der Waals surface area contributed by atoms with E-state index in [2.05, 4.69) is 36.0 Å². The van der Waals surface area contributed by atoms with Crippen molar-refractivity contribution in [2.75, 3.05) is 23.1 Å². The molecule has 0 saturated heterocycles. The van der Waals surface area contributed by atoms with Gasteiger partial charge in [0.15, 0.2) is 11.6 Å². The molecule has 0 bridgehead atoms. The van der Waals surface area contributed by atoms with Crippen LogP contribution < -0.4 is 25.4 Å². The summed E-state index contributed by atoms with van der Waals surface area (Å²) >= 11 is 0. The number of fused-ring (bicyclic) bond motifs is 1. The number of hydrogen-bond donors (Lipinski definition) is 3. The number of amides is 2. The number of halogens is 1. The summed E-state index contributed by atoms with van der Waals surface area (Å²) in [7, 11) is 1.40. The molecule has 0 aliphatic heterocycles. The molecule has 3 aromatic carbocycles. The molecule has 0 aliphatic carbocycles. The third-order valence-corrected chi connectivity index (χ3v) is 7.27. The van der Waals surface area contributed by atoms with Crippen molar-refractivity contribution < 1.29 is 18.7 Å². The first-order valence-corrected chi connectivity index (χ1v) is 14.8. The average Bonchev–Trinajstić information content (AvgIpc) is 3.49. The highest BCUT2D eigenvalue weighted by Crippen LogP contribution is 2.33. The van der Waals surface area contributed by atoms with E-state index >= 15 is 0 Å². The molecular weight excluding hydrogens is 599 g/mol. The number of urea groups is 1. The Labute approximate surface area is 270 Å². The fourth-order valence-corrected chi connectivity index (χ4v) is 4.89. The van der Waals surface area contributed by atoms with Gasteiger partial charge in [-0.1, -0.05) is 45.0 Å². The number of benzene rings is 3. The number of pyridine rings is 1. The normalized spacial score (nSPS) is 11.3. The van der Waals surface area contributed by atoms with Gasteiger partial charge in [-0.15, -0.1) is 0 Å². The van der Waals surface area contributed by atoms with Crippen molar-refractivity contribution in [1.29, 1.82) is 0 Å². The van der Waals surface area contributed by atoms with Gasteiger partial charge in [0.05, 0.1) is 30.4 Å². The first kappa shape index (κ1) is 31.0. The molecule has 0 radical (unpaired) electrons. The van der Waals surface area contributed by atoms with E-state index in [0.717, 1.165) is 22.0 Å². The molecule has 0 spiro atoms. The Kier molecular flexibility index (Phi) is 8.65. The number of methoxy groups -OCH3 is 1. The first-order chi connectivity index (χ1) is 22.7. The maximum absolute atomic E-state index is 14.6. The van der Waals surface area contributed by atoms with E-state index in [1.54, 1.807) is 43.0 Å². The minimum Gasteiger partial charge on any atom is -0.494 e. The molecule has 2 amide bonds. The molecule has 6 rings (SSSR count). The van der Waals surface area contributed by atoms with E-state index in [1.807, 2.05) is 63.2 Å². The summed E-state index contributed by atoms with van der Waals surface area (Å²) in [6.45, 7) is 6.33. The zero-order chi connectivity index (χ0) is 33.0. The maximum Gasteiger partial charge on any atom is 0.324 e. The van der Waals surface area contributed by atoms with Gasteiger partial charge in [-0.3, -0.25) is 10.3 Å². The lowest BCUT2D eigenvalue weighted by molar-refractivity contribution is 0.262. The molecule has 3 heterocycles. The van der Waals surface area contributed by atoms with Crippen molar-refractivity contribution in [2.24, 2.45) is 0 Å². The van der Waals surface area contributed by atoms with Crippen LogP contribution in [0, 0.1) is 5.82 Å². The zero-order valence-corrected chi connectivity index (χ0v) is 26.3. The molecule has 11 nitrogen and oxygen atoms in total. The predicted octanol–water partition coefficient (Wildman–Crippen LogP) is 7.62. The molecule has 0 fully saturated rings. The monoisotopic (exact) mass is 632 g/mol. The van der Waals surface area contributed by atoms with E-state index in [0.29, 0.717) is 41.2 Å². The summed E-state index contributed by atoms with van der Waals surface area (Å²) in [5.41, 5.74) is 2.33. The van der Waals surface area contributed by atoms with Crippen molar-refractivity contribution in [3.63, 3.8) is 0 Å². The van der Waals surface area contributed by atoms with Crippen LogP contribution in [0.5, 0.6) is 11.5 Å². The fraction of sp³-hybridized carbons (Fsp3) is 0.171. The number of anilines is 4. The van der Waals surface area contributed by atoms with Gasteiger partial charge in [0, 0.05) is 46.9 Å². The summed E-state index contributed by atoms with van der Waals surface area (Å²) < 4.78 is 27.4. The van der Waals surface area contributed by atoms with Crippen LogP contribution in [0.4, 0.5) is 32.3 Å². The molecule has 12 heteroatoms. The van der Waals surface area contributed by atoms with Gasteiger partial charge in [-0.2, -0.15) is 5.10 Å². The highest BCUT2D eigenvalue weighted by molar-refractivity contribution is 6.07. The topological polar surface area (TPSA) is 128 Å². The van der Waals surface area contributed by atoms with Gasteiger partial charge in [-0.05, 0) is 42.0 Å². The van der Waals surface area contributed by atoms with Crippen LogP contribution in [-0.4, -0.2) is 37.9 Å².